The molecule has 6 nitrogen and oxygen atoms in total. The molecule has 0 saturated heterocycles. The third-order valence-electron chi connectivity index (χ3n) is 11.7. The van der Waals surface area contributed by atoms with Gasteiger partial charge in [-0.15, -0.1) is 0 Å². The summed E-state index contributed by atoms with van der Waals surface area (Å²) in [5.74, 6) is 0.757. The van der Waals surface area contributed by atoms with Crippen LogP contribution in [0.4, 0.5) is 0 Å². The van der Waals surface area contributed by atoms with Crippen LogP contribution in [0.15, 0.2) is 0 Å². The van der Waals surface area contributed by atoms with E-state index in [0.29, 0.717) is 19.3 Å². The molecule has 0 aromatic carbocycles. The Bertz CT molecular complexity index is 885. The second kappa shape index (κ2) is 44.9. The Hall–Kier alpha value is -1.59. The molecule has 0 spiro atoms. The molecule has 0 heterocycles. The van der Waals surface area contributed by atoms with Crippen LogP contribution in [0, 0.1) is 11.8 Å². The summed E-state index contributed by atoms with van der Waals surface area (Å²) >= 11 is 0. The zero-order valence-corrected chi connectivity index (χ0v) is 39.7. The molecule has 0 unspecified atom stereocenters. The van der Waals surface area contributed by atoms with Gasteiger partial charge < -0.3 is 14.2 Å². The van der Waals surface area contributed by atoms with Gasteiger partial charge in [0.1, 0.15) is 13.2 Å². The van der Waals surface area contributed by atoms with E-state index in [1.165, 1.54) is 173 Å². The molecule has 0 radical (unpaired) electrons. The number of carbonyl (C=O) groups excluding carboxylic acids is 3. The van der Waals surface area contributed by atoms with Gasteiger partial charge in [0, 0.05) is 19.3 Å². The van der Waals surface area contributed by atoms with Crippen LogP contribution in [0.25, 0.3) is 0 Å². The van der Waals surface area contributed by atoms with Gasteiger partial charge in [-0.1, -0.05) is 247 Å². The number of esters is 3. The summed E-state index contributed by atoms with van der Waals surface area (Å²) < 4.78 is 16.8. The smallest absolute Gasteiger partial charge is 0.306 e. The van der Waals surface area contributed by atoms with Crippen LogP contribution in [0.2, 0.25) is 0 Å². The summed E-state index contributed by atoms with van der Waals surface area (Å²) in [5, 5.41) is 0. The molecule has 0 N–H and O–H groups in total. The Morgan fingerprint density at radius 1 is 0.328 bits per heavy atom. The van der Waals surface area contributed by atoms with Gasteiger partial charge in [-0.3, -0.25) is 14.4 Å². The Morgan fingerprint density at radius 3 is 0.845 bits per heavy atom. The van der Waals surface area contributed by atoms with Crippen molar-refractivity contribution in [2.75, 3.05) is 13.2 Å². The average Bonchev–Trinajstić information content (AvgIpc) is 3.19. The number of ether oxygens (including phenoxy) is 3. The first-order chi connectivity index (χ1) is 28.2. The van der Waals surface area contributed by atoms with E-state index in [4.69, 9.17) is 14.2 Å². The van der Waals surface area contributed by atoms with E-state index in [9.17, 15) is 14.4 Å². The third kappa shape index (κ3) is 45.5. The highest BCUT2D eigenvalue weighted by atomic mass is 16.6. The summed E-state index contributed by atoms with van der Waals surface area (Å²) in [6.45, 7) is 11.3. The molecular formula is C52H100O6. The minimum Gasteiger partial charge on any atom is -0.462 e. The van der Waals surface area contributed by atoms with Crippen LogP contribution in [-0.2, 0) is 28.6 Å². The zero-order valence-electron chi connectivity index (χ0n) is 39.7. The van der Waals surface area contributed by atoms with Crippen molar-refractivity contribution >= 4 is 17.9 Å². The first-order valence-corrected chi connectivity index (χ1v) is 25.7. The highest BCUT2D eigenvalue weighted by molar-refractivity contribution is 5.71. The van der Waals surface area contributed by atoms with Crippen LogP contribution in [0.1, 0.15) is 285 Å². The molecule has 0 aromatic heterocycles. The van der Waals surface area contributed by atoms with Crippen molar-refractivity contribution in [2.24, 2.45) is 11.8 Å². The summed E-state index contributed by atoms with van der Waals surface area (Å²) in [4.78, 5) is 37.9. The molecule has 344 valence electrons. The SMILES string of the molecule is CCCCCCCCCCCCCCCCCCC(=O)O[C@@H](COC(=O)CCCCCCCCCCCCCC(C)C)COC(=O)CCCCCCCCCC(C)C. The van der Waals surface area contributed by atoms with Crippen molar-refractivity contribution in [2.45, 2.75) is 291 Å². The van der Waals surface area contributed by atoms with E-state index in [1.807, 2.05) is 0 Å². The number of rotatable bonds is 46. The van der Waals surface area contributed by atoms with Gasteiger partial charge in [0.2, 0.25) is 0 Å². The molecule has 0 aliphatic rings. The summed E-state index contributed by atoms with van der Waals surface area (Å²) in [6, 6.07) is 0. The summed E-state index contributed by atoms with van der Waals surface area (Å²) in [5.41, 5.74) is 0. The Labute approximate surface area is 361 Å². The lowest BCUT2D eigenvalue weighted by Gasteiger charge is -2.18. The fourth-order valence-electron chi connectivity index (χ4n) is 7.81. The van der Waals surface area contributed by atoms with E-state index in [1.54, 1.807) is 0 Å². The maximum absolute atomic E-state index is 12.8. The van der Waals surface area contributed by atoms with Crippen LogP contribution < -0.4 is 0 Å². The third-order valence-corrected chi connectivity index (χ3v) is 11.7. The van der Waals surface area contributed by atoms with Gasteiger partial charge in [0.15, 0.2) is 6.10 Å². The average molecular weight is 821 g/mol. The van der Waals surface area contributed by atoms with Crippen LogP contribution in [0.3, 0.4) is 0 Å². The van der Waals surface area contributed by atoms with Gasteiger partial charge >= 0.3 is 17.9 Å². The van der Waals surface area contributed by atoms with Crippen molar-refractivity contribution in [1.29, 1.82) is 0 Å². The number of hydrogen-bond donors (Lipinski definition) is 0. The largest absolute Gasteiger partial charge is 0.462 e. The van der Waals surface area contributed by atoms with Gasteiger partial charge in [0.05, 0.1) is 0 Å². The molecule has 6 heteroatoms. The first-order valence-electron chi connectivity index (χ1n) is 25.7. The Morgan fingerprint density at radius 2 is 0.569 bits per heavy atom. The first kappa shape index (κ1) is 56.4. The number of carbonyl (C=O) groups is 3. The molecule has 0 saturated carbocycles. The number of hydrogen-bond acceptors (Lipinski definition) is 6. The van der Waals surface area contributed by atoms with Crippen LogP contribution in [0.5, 0.6) is 0 Å². The van der Waals surface area contributed by atoms with Crippen LogP contribution >= 0.6 is 0 Å². The van der Waals surface area contributed by atoms with E-state index in [-0.39, 0.29) is 31.1 Å². The van der Waals surface area contributed by atoms with E-state index < -0.39 is 6.10 Å². The molecule has 0 aliphatic heterocycles. The van der Waals surface area contributed by atoms with E-state index in [2.05, 4.69) is 34.6 Å². The Balaban J connectivity index is 4.29. The van der Waals surface area contributed by atoms with Gasteiger partial charge in [-0.05, 0) is 31.1 Å². The fraction of sp³-hybridized carbons (Fsp3) is 0.942. The van der Waals surface area contributed by atoms with Gasteiger partial charge in [0.25, 0.3) is 0 Å². The van der Waals surface area contributed by atoms with Crippen LogP contribution in [-0.4, -0.2) is 37.2 Å². The standard InChI is InChI=1S/C52H100O6/c1-6-7-8-9-10-11-12-13-14-15-16-19-23-28-34-39-44-52(55)58-49(46-57-51(54)43-38-33-29-24-26-31-36-41-48(4)5)45-56-50(53)42-37-32-27-22-20-17-18-21-25-30-35-40-47(2)3/h47-49H,6-46H2,1-5H3/t49-/m0/s1. The Kier molecular flexibility index (Phi) is 43.7. The molecule has 0 aliphatic carbocycles. The molecule has 58 heavy (non-hydrogen) atoms. The predicted octanol–water partition coefficient (Wildman–Crippen LogP) is 16.5. The van der Waals surface area contributed by atoms with Crippen molar-refractivity contribution in [3.05, 3.63) is 0 Å². The second-order valence-electron chi connectivity index (χ2n) is 18.8. The van der Waals surface area contributed by atoms with Crippen molar-refractivity contribution in [3.63, 3.8) is 0 Å². The van der Waals surface area contributed by atoms with E-state index in [0.717, 1.165) is 69.6 Å². The predicted molar refractivity (Wildman–Crippen MR) is 247 cm³/mol. The maximum atomic E-state index is 12.8. The normalized spacial score (nSPS) is 12.1. The lowest BCUT2D eigenvalue weighted by atomic mass is 10.0. The fourth-order valence-corrected chi connectivity index (χ4v) is 7.81. The second-order valence-corrected chi connectivity index (χ2v) is 18.8. The molecule has 0 amide bonds. The molecule has 0 bridgehead atoms. The van der Waals surface area contributed by atoms with Crippen molar-refractivity contribution in [1.82, 2.24) is 0 Å². The lowest BCUT2D eigenvalue weighted by molar-refractivity contribution is -0.167. The van der Waals surface area contributed by atoms with E-state index >= 15 is 0 Å². The highest BCUT2D eigenvalue weighted by Crippen LogP contribution is 2.17. The molecular weight excluding hydrogens is 721 g/mol. The molecule has 0 rings (SSSR count). The lowest BCUT2D eigenvalue weighted by Crippen LogP contribution is -2.30. The molecule has 1 atom stereocenters. The topological polar surface area (TPSA) is 78.9 Å². The van der Waals surface area contributed by atoms with Gasteiger partial charge in [-0.25, -0.2) is 0 Å². The molecule has 0 fully saturated rings. The monoisotopic (exact) mass is 821 g/mol. The minimum atomic E-state index is -0.762. The summed E-state index contributed by atoms with van der Waals surface area (Å²) in [7, 11) is 0. The summed E-state index contributed by atoms with van der Waals surface area (Å²) in [6.07, 6.45) is 45.2. The van der Waals surface area contributed by atoms with Crippen molar-refractivity contribution in [3.8, 4) is 0 Å². The maximum Gasteiger partial charge on any atom is 0.306 e. The van der Waals surface area contributed by atoms with Gasteiger partial charge in [-0.2, -0.15) is 0 Å². The quantitative estimate of drug-likeness (QED) is 0.0346. The zero-order chi connectivity index (χ0) is 42.6. The number of unbranched alkanes of at least 4 members (excludes halogenated alkanes) is 31. The molecule has 0 aromatic rings. The minimum absolute atomic E-state index is 0.0644. The highest BCUT2D eigenvalue weighted by Gasteiger charge is 2.19. The van der Waals surface area contributed by atoms with Crippen molar-refractivity contribution < 1.29 is 28.6 Å².